The first-order valence-electron chi connectivity index (χ1n) is 7.28. The van der Waals surface area contributed by atoms with Gasteiger partial charge in [-0.05, 0) is 31.6 Å². The third kappa shape index (κ3) is 2.49. The molecule has 0 bridgehead atoms. The lowest BCUT2D eigenvalue weighted by Gasteiger charge is -2.22. The monoisotopic (exact) mass is 275 g/mol. The van der Waals surface area contributed by atoms with Gasteiger partial charge in [-0.2, -0.15) is 0 Å². The van der Waals surface area contributed by atoms with Crippen molar-refractivity contribution in [2.75, 3.05) is 6.54 Å². The molecule has 0 radical (unpaired) electrons. The molecule has 1 N–H and O–H groups in total. The number of nitrogens with one attached hydrogen (secondary N) is 1. The molecular formula is C15H21N3O2. The molecule has 1 aliphatic carbocycles. The zero-order chi connectivity index (χ0) is 14.5. The maximum Gasteiger partial charge on any atom is 0.272 e. The molecule has 2 heterocycles. The van der Waals surface area contributed by atoms with Crippen LogP contribution in [0, 0.1) is 5.41 Å². The number of likely N-dealkylation sites (tertiary alicyclic amines) is 1. The molecule has 1 amide bonds. The lowest BCUT2D eigenvalue weighted by molar-refractivity contribution is 0.0729. The van der Waals surface area contributed by atoms with E-state index in [4.69, 9.17) is 0 Å². The van der Waals surface area contributed by atoms with E-state index in [1.165, 1.54) is 6.07 Å². The fraction of sp³-hybridized carbons (Fsp3) is 0.667. The molecule has 1 unspecified atom stereocenters. The SMILES string of the molecule is CC1CC(C)(C)CN1C(=O)c1cc(=O)[nH]c(C2CC2)n1. The summed E-state index contributed by atoms with van der Waals surface area (Å²) in [4.78, 5) is 33.3. The summed E-state index contributed by atoms with van der Waals surface area (Å²) in [5, 5.41) is 0. The second kappa shape index (κ2) is 4.43. The molecule has 20 heavy (non-hydrogen) atoms. The van der Waals surface area contributed by atoms with E-state index < -0.39 is 0 Å². The lowest BCUT2D eigenvalue weighted by Crippen LogP contribution is -2.36. The largest absolute Gasteiger partial charge is 0.334 e. The number of hydrogen-bond donors (Lipinski definition) is 1. The van der Waals surface area contributed by atoms with Gasteiger partial charge in [0, 0.05) is 24.6 Å². The number of rotatable bonds is 2. The number of nitrogens with zero attached hydrogens (tertiary/aromatic N) is 2. The van der Waals surface area contributed by atoms with E-state index in [-0.39, 0.29) is 22.9 Å². The van der Waals surface area contributed by atoms with Gasteiger partial charge in [0.15, 0.2) is 0 Å². The van der Waals surface area contributed by atoms with Crippen molar-refractivity contribution in [3.8, 4) is 0 Å². The van der Waals surface area contributed by atoms with Gasteiger partial charge in [0.05, 0.1) is 0 Å². The molecule has 3 rings (SSSR count). The Morgan fingerprint density at radius 3 is 2.70 bits per heavy atom. The van der Waals surface area contributed by atoms with Crippen molar-refractivity contribution >= 4 is 5.91 Å². The first-order valence-corrected chi connectivity index (χ1v) is 7.28. The zero-order valence-corrected chi connectivity index (χ0v) is 12.3. The summed E-state index contributed by atoms with van der Waals surface area (Å²) in [6, 6.07) is 1.52. The standard InChI is InChI=1S/C15H21N3O2/c1-9-7-15(2,3)8-18(9)14(20)11-6-12(19)17-13(16-11)10-4-5-10/h6,9-10H,4-5,7-8H2,1-3H3,(H,16,17,19). The minimum atomic E-state index is -0.226. The van der Waals surface area contributed by atoms with Crippen LogP contribution in [0.5, 0.6) is 0 Å². The molecule has 1 aromatic heterocycles. The summed E-state index contributed by atoms with van der Waals surface area (Å²) in [5.74, 6) is 0.894. The number of amides is 1. The summed E-state index contributed by atoms with van der Waals surface area (Å²) >= 11 is 0. The van der Waals surface area contributed by atoms with E-state index in [1.54, 1.807) is 0 Å². The van der Waals surface area contributed by atoms with E-state index in [1.807, 2.05) is 4.90 Å². The highest BCUT2D eigenvalue weighted by Crippen LogP contribution is 2.38. The Hall–Kier alpha value is -1.65. The third-order valence-corrected chi connectivity index (χ3v) is 4.18. The van der Waals surface area contributed by atoms with Crippen LogP contribution in [-0.2, 0) is 0 Å². The Morgan fingerprint density at radius 1 is 1.45 bits per heavy atom. The number of aromatic amines is 1. The molecule has 108 valence electrons. The van der Waals surface area contributed by atoms with Crippen molar-refractivity contribution in [1.29, 1.82) is 0 Å². The number of hydrogen-bond acceptors (Lipinski definition) is 3. The topological polar surface area (TPSA) is 66.1 Å². The molecule has 0 aromatic carbocycles. The molecule has 5 heteroatoms. The Morgan fingerprint density at radius 2 is 2.15 bits per heavy atom. The first kappa shape index (κ1) is 13.3. The smallest absolute Gasteiger partial charge is 0.272 e. The van der Waals surface area contributed by atoms with Crippen LogP contribution in [0.15, 0.2) is 10.9 Å². The van der Waals surface area contributed by atoms with E-state index in [9.17, 15) is 9.59 Å². The zero-order valence-electron chi connectivity index (χ0n) is 12.3. The predicted octanol–water partition coefficient (Wildman–Crippen LogP) is 1.91. The van der Waals surface area contributed by atoms with Gasteiger partial charge >= 0.3 is 0 Å². The first-order chi connectivity index (χ1) is 9.35. The van der Waals surface area contributed by atoms with Gasteiger partial charge in [0.2, 0.25) is 0 Å². The maximum absolute atomic E-state index is 12.6. The minimum Gasteiger partial charge on any atom is -0.334 e. The Kier molecular flexibility index (Phi) is 2.96. The van der Waals surface area contributed by atoms with Crippen molar-refractivity contribution in [3.63, 3.8) is 0 Å². The Bertz CT molecular complexity index is 601. The average Bonchev–Trinajstić information content (AvgIpc) is 3.14. The van der Waals surface area contributed by atoms with Crippen LogP contribution in [0.2, 0.25) is 0 Å². The van der Waals surface area contributed by atoms with Gasteiger partial charge < -0.3 is 9.88 Å². The third-order valence-electron chi connectivity index (χ3n) is 4.18. The Labute approximate surface area is 118 Å². The Balaban J connectivity index is 1.89. The van der Waals surface area contributed by atoms with Gasteiger partial charge in [0.1, 0.15) is 11.5 Å². The van der Waals surface area contributed by atoms with Crippen molar-refractivity contribution in [1.82, 2.24) is 14.9 Å². The van der Waals surface area contributed by atoms with Gasteiger partial charge in [0.25, 0.3) is 11.5 Å². The normalized spacial score (nSPS) is 24.9. The summed E-state index contributed by atoms with van der Waals surface area (Å²) in [6.45, 7) is 7.11. The van der Waals surface area contributed by atoms with Crippen LogP contribution in [0.25, 0.3) is 0 Å². The summed E-state index contributed by atoms with van der Waals surface area (Å²) in [7, 11) is 0. The maximum atomic E-state index is 12.6. The lowest BCUT2D eigenvalue weighted by atomic mass is 9.91. The molecule has 1 aliphatic heterocycles. The van der Waals surface area contributed by atoms with E-state index in [2.05, 4.69) is 30.7 Å². The quantitative estimate of drug-likeness (QED) is 0.896. The van der Waals surface area contributed by atoms with Gasteiger partial charge in [-0.25, -0.2) is 4.98 Å². The number of aromatic nitrogens is 2. The van der Waals surface area contributed by atoms with Crippen LogP contribution < -0.4 is 5.56 Å². The highest BCUT2D eigenvalue weighted by atomic mass is 16.2. The number of H-pyrrole nitrogens is 1. The molecule has 1 saturated carbocycles. The van der Waals surface area contributed by atoms with E-state index >= 15 is 0 Å². The van der Waals surface area contributed by atoms with Crippen LogP contribution in [0.1, 0.15) is 62.3 Å². The molecule has 2 fully saturated rings. The van der Waals surface area contributed by atoms with Crippen molar-refractivity contribution in [2.24, 2.45) is 5.41 Å². The molecule has 0 spiro atoms. The van der Waals surface area contributed by atoms with Crippen molar-refractivity contribution in [3.05, 3.63) is 27.9 Å². The van der Waals surface area contributed by atoms with Crippen molar-refractivity contribution < 1.29 is 4.79 Å². The molecule has 1 saturated heterocycles. The van der Waals surface area contributed by atoms with Crippen LogP contribution in [0.3, 0.4) is 0 Å². The second-order valence-electron chi connectivity index (χ2n) is 6.94. The number of carbonyl (C=O) groups is 1. The highest BCUT2D eigenvalue weighted by molar-refractivity contribution is 5.92. The summed E-state index contributed by atoms with van der Waals surface area (Å²) in [5.41, 5.74) is 0.201. The molecule has 1 atom stereocenters. The van der Waals surface area contributed by atoms with E-state index in [0.29, 0.717) is 17.4 Å². The molecular weight excluding hydrogens is 254 g/mol. The van der Waals surface area contributed by atoms with Crippen LogP contribution >= 0.6 is 0 Å². The van der Waals surface area contributed by atoms with E-state index in [0.717, 1.165) is 25.8 Å². The number of carbonyl (C=O) groups excluding carboxylic acids is 1. The van der Waals surface area contributed by atoms with Gasteiger partial charge in [-0.3, -0.25) is 9.59 Å². The minimum absolute atomic E-state index is 0.115. The predicted molar refractivity (Wildman–Crippen MR) is 75.7 cm³/mol. The highest BCUT2D eigenvalue weighted by Gasteiger charge is 2.38. The van der Waals surface area contributed by atoms with Gasteiger partial charge in [-0.15, -0.1) is 0 Å². The summed E-state index contributed by atoms with van der Waals surface area (Å²) in [6.07, 6.45) is 3.08. The fourth-order valence-corrected chi connectivity index (χ4v) is 3.15. The van der Waals surface area contributed by atoms with Crippen molar-refractivity contribution in [2.45, 2.75) is 52.0 Å². The average molecular weight is 275 g/mol. The van der Waals surface area contributed by atoms with Gasteiger partial charge in [-0.1, -0.05) is 13.8 Å². The second-order valence-corrected chi connectivity index (χ2v) is 6.94. The molecule has 5 nitrogen and oxygen atoms in total. The summed E-state index contributed by atoms with van der Waals surface area (Å²) < 4.78 is 0. The molecule has 2 aliphatic rings. The van der Waals surface area contributed by atoms with Crippen LogP contribution in [0.4, 0.5) is 0 Å². The molecule has 1 aromatic rings. The van der Waals surface area contributed by atoms with Crippen LogP contribution in [-0.4, -0.2) is 33.4 Å². The fourth-order valence-electron chi connectivity index (χ4n) is 3.15.